The van der Waals surface area contributed by atoms with Gasteiger partial charge in [-0.2, -0.15) is 0 Å². The average Bonchev–Trinajstić information content (AvgIpc) is 1.56. The van der Waals surface area contributed by atoms with Gasteiger partial charge in [0.2, 0.25) is 0 Å². The summed E-state index contributed by atoms with van der Waals surface area (Å²) in [4.78, 5) is 0. The summed E-state index contributed by atoms with van der Waals surface area (Å²) in [6.45, 7) is 12.1. The van der Waals surface area contributed by atoms with Crippen LogP contribution in [-0.2, 0) is 0 Å². The van der Waals surface area contributed by atoms with Crippen LogP contribution < -0.4 is 5.32 Å². The van der Waals surface area contributed by atoms with Crippen LogP contribution in [0.2, 0.25) is 0 Å². The molecule has 0 aromatic carbocycles. The van der Waals surface area contributed by atoms with Gasteiger partial charge in [-0.25, -0.2) is 0 Å². The molecule has 0 saturated heterocycles. The van der Waals surface area contributed by atoms with Crippen molar-refractivity contribution in [1.82, 2.24) is 5.32 Å². The Bertz CT molecular complexity index is 61.2. The molecule has 0 amide bonds. The first-order valence-electron chi connectivity index (χ1n) is 4.30. The van der Waals surface area contributed by atoms with E-state index in [1.807, 2.05) is 0 Å². The Morgan fingerprint density at radius 2 is 1.00 bits per heavy atom. The molecular weight excluding hydrogens is 138 g/mol. The predicted molar refractivity (Wildman–Crippen MR) is 50.8 cm³/mol. The maximum absolute atomic E-state index is 8.06. The molecule has 0 fully saturated rings. The number of rotatable bonds is 2. The Labute approximate surface area is 71.0 Å². The minimum Gasteiger partial charge on any atom is -0.394 e. The summed E-state index contributed by atoms with van der Waals surface area (Å²) in [5, 5.41) is 11.4. The van der Waals surface area contributed by atoms with E-state index in [2.05, 4.69) is 33.0 Å². The van der Waals surface area contributed by atoms with Gasteiger partial charge in [0.15, 0.2) is 0 Å². The third kappa shape index (κ3) is 40.5. The van der Waals surface area contributed by atoms with Crippen LogP contribution in [0.1, 0.15) is 41.5 Å². The van der Waals surface area contributed by atoms with Crippen molar-refractivity contribution in [2.45, 2.75) is 59.7 Å². The third-order valence-corrected chi connectivity index (χ3v) is 0.667. The van der Waals surface area contributed by atoms with E-state index in [0.717, 1.165) is 0 Å². The number of hydrogen-bond acceptors (Lipinski definition) is 2. The summed E-state index contributed by atoms with van der Waals surface area (Å²) < 4.78 is 0. The second kappa shape index (κ2) is 8.02. The smallest absolute Gasteiger partial charge is 0.0483 e. The van der Waals surface area contributed by atoms with Crippen LogP contribution in [0.5, 0.6) is 0 Å². The summed E-state index contributed by atoms with van der Waals surface area (Å²) in [6, 6.07) is 1.25. The van der Waals surface area contributed by atoms with Crippen molar-refractivity contribution in [1.29, 1.82) is 0 Å². The molecule has 0 heterocycles. The van der Waals surface area contributed by atoms with Gasteiger partial charge in [-0.05, 0) is 13.8 Å². The molecule has 0 aliphatic heterocycles. The van der Waals surface area contributed by atoms with Crippen molar-refractivity contribution in [2.75, 3.05) is 0 Å². The Balaban J connectivity index is 0. The summed E-state index contributed by atoms with van der Waals surface area (Å²) in [5.74, 6) is 0. The standard InChI is InChI=1S/C6H15N.C3H8O/c1-5(2)7-6(3)4;1-3(2)4/h5-7H,1-4H3;3-4H,1-2H3. The van der Waals surface area contributed by atoms with Crippen molar-refractivity contribution in [3.8, 4) is 0 Å². The lowest BCUT2D eigenvalue weighted by Gasteiger charge is -2.10. The van der Waals surface area contributed by atoms with E-state index in [0.29, 0.717) is 12.1 Å². The summed E-state index contributed by atoms with van der Waals surface area (Å²) in [7, 11) is 0. The van der Waals surface area contributed by atoms with E-state index < -0.39 is 0 Å². The van der Waals surface area contributed by atoms with E-state index in [1.165, 1.54) is 0 Å². The van der Waals surface area contributed by atoms with Crippen LogP contribution in [-0.4, -0.2) is 23.3 Å². The molecule has 0 saturated carbocycles. The first-order valence-corrected chi connectivity index (χ1v) is 4.30. The lowest BCUT2D eigenvalue weighted by molar-refractivity contribution is 0.216. The molecule has 0 aromatic rings. The normalized spacial score (nSPS) is 10.4. The molecule has 2 nitrogen and oxygen atoms in total. The molecule has 70 valence electrons. The largest absolute Gasteiger partial charge is 0.394 e. The molecule has 0 rings (SSSR count). The van der Waals surface area contributed by atoms with Crippen LogP contribution >= 0.6 is 0 Å². The van der Waals surface area contributed by atoms with Gasteiger partial charge in [0.25, 0.3) is 0 Å². The number of hydrogen-bond donors (Lipinski definition) is 2. The second-order valence-corrected chi connectivity index (χ2v) is 3.57. The van der Waals surface area contributed by atoms with Crippen molar-refractivity contribution in [3.05, 3.63) is 0 Å². The highest BCUT2D eigenvalue weighted by atomic mass is 16.3. The molecule has 0 atom stereocenters. The predicted octanol–water partition coefficient (Wildman–Crippen LogP) is 1.78. The summed E-state index contributed by atoms with van der Waals surface area (Å²) in [5.41, 5.74) is 0. The first-order chi connectivity index (χ1) is 4.86. The van der Waals surface area contributed by atoms with Crippen LogP contribution in [0.15, 0.2) is 0 Å². The maximum atomic E-state index is 8.06. The fraction of sp³-hybridized carbons (Fsp3) is 1.00. The van der Waals surface area contributed by atoms with Crippen molar-refractivity contribution >= 4 is 0 Å². The van der Waals surface area contributed by atoms with Crippen molar-refractivity contribution in [3.63, 3.8) is 0 Å². The third-order valence-electron chi connectivity index (χ3n) is 0.667. The Hall–Kier alpha value is -0.0800. The fourth-order valence-corrected chi connectivity index (χ4v) is 0.667. The molecule has 11 heavy (non-hydrogen) atoms. The van der Waals surface area contributed by atoms with Gasteiger partial charge in [0.1, 0.15) is 0 Å². The van der Waals surface area contributed by atoms with Crippen LogP contribution in [0.3, 0.4) is 0 Å². The molecule has 0 radical (unpaired) electrons. The van der Waals surface area contributed by atoms with Gasteiger partial charge >= 0.3 is 0 Å². The zero-order valence-corrected chi connectivity index (χ0v) is 8.68. The molecule has 2 heteroatoms. The van der Waals surface area contributed by atoms with Crippen molar-refractivity contribution < 1.29 is 5.11 Å². The number of aliphatic hydroxyl groups excluding tert-OH is 1. The quantitative estimate of drug-likeness (QED) is 0.647. The summed E-state index contributed by atoms with van der Waals surface area (Å²) in [6.07, 6.45) is -0.167. The zero-order chi connectivity index (χ0) is 9.44. The molecule has 2 N–H and O–H groups in total. The molecule has 0 bridgehead atoms. The Morgan fingerprint density at radius 1 is 0.818 bits per heavy atom. The maximum Gasteiger partial charge on any atom is 0.0483 e. The molecule has 0 aromatic heterocycles. The molecule has 0 aliphatic rings. The van der Waals surface area contributed by atoms with Gasteiger partial charge in [0, 0.05) is 18.2 Å². The molecule has 0 unspecified atom stereocenters. The van der Waals surface area contributed by atoms with E-state index >= 15 is 0 Å². The SMILES string of the molecule is CC(C)NC(C)C.CC(C)O. The highest BCUT2D eigenvalue weighted by Gasteiger charge is 1.92. The molecular formula is C9H23NO. The number of aliphatic hydroxyl groups is 1. The minimum absolute atomic E-state index is 0.167. The van der Waals surface area contributed by atoms with Gasteiger partial charge in [-0.15, -0.1) is 0 Å². The van der Waals surface area contributed by atoms with E-state index in [1.54, 1.807) is 13.8 Å². The van der Waals surface area contributed by atoms with Crippen LogP contribution in [0.25, 0.3) is 0 Å². The van der Waals surface area contributed by atoms with Gasteiger partial charge in [-0.3, -0.25) is 0 Å². The van der Waals surface area contributed by atoms with Gasteiger partial charge < -0.3 is 10.4 Å². The fourth-order valence-electron chi connectivity index (χ4n) is 0.667. The zero-order valence-electron chi connectivity index (χ0n) is 8.68. The van der Waals surface area contributed by atoms with E-state index in [4.69, 9.17) is 5.11 Å². The topological polar surface area (TPSA) is 32.3 Å². The lowest BCUT2D eigenvalue weighted by atomic mass is 10.3. The highest BCUT2D eigenvalue weighted by Crippen LogP contribution is 1.80. The van der Waals surface area contributed by atoms with E-state index in [9.17, 15) is 0 Å². The molecule has 0 spiro atoms. The van der Waals surface area contributed by atoms with Crippen LogP contribution in [0.4, 0.5) is 0 Å². The van der Waals surface area contributed by atoms with Crippen LogP contribution in [0, 0.1) is 0 Å². The summed E-state index contributed by atoms with van der Waals surface area (Å²) >= 11 is 0. The Kier molecular flexibility index (Phi) is 9.85. The second-order valence-electron chi connectivity index (χ2n) is 3.57. The monoisotopic (exact) mass is 161 g/mol. The lowest BCUT2D eigenvalue weighted by Crippen LogP contribution is -2.29. The first kappa shape index (κ1) is 13.5. The average molecular weight is 161 g/mol. The van der Waals surface area contributed by atoms with Crippen molar-refractivity contribution in [2.24, 2.45) is 0 Å². The van der Waals surface area contributed by atoms with Gasteiger partial charge in [-0.1, -0.05) is 27.7 Å². The molecule has 0 aliphatic carbocycles. The van der Waals surface area contributed by atoms with Gasteiger partial charge in [0.05, 0.1) is 0 Å². The highest BCUT2D eigenvalue weighted by molar-refractivity contribution is 4.55. The van der Waals surface area contributed by atoms with E-state index in [-0.39, 0.29) is 6.10 Å². The minimum atomic E-state index is -0.167. The Morgan fingerprint density at radius 3 is 1.00 bits per heavy atom. The number of nitrogens with one attached hydrogen (secondary N) is 1.